The largest absolute Gasteiger partial charge is 0.393 e. The molecule has 3 fully saturated rings. The minimum atomic E-state index is -0.972. The Bertz CT molecular complexity index is 1700. The molecule has 2 saturated heterocycles. The fraction of sp³-hybridized carbons (Fsp3) is 0.476. The van der Waals surface area contributed by atoms with E-state index < -0.39 is 22.7 Å². The first kappa shape index (κ1) is 33.7. The number of nitrogens with one attached hydrogen (secondary N) is 1. The average Bonchev–Trinajstić information content (AvgIpc) is 3.56. The maximum atomic E-state index is 14.2. The number of nitrogens with zero attached hydrogens (tertiary/aromatic N) is 2. The van der Waals surface area contributed by atoms with Gasteiger partial charge in [0.05, 0.1) is 18.4 Å². The van der Waals surface area contributed by atoms with E-state index in [4.69, 9.17) is 0 Å². The molecule has 3 aromatic rings. The molecule has 4 unspecified atom stereocenters. The predicted octanol–water partition coefficient (Wildman–Crippen LogP) is 6.38. The highest BCUT2D eigenvalue weighted by Gasteiger charge is 2.58. The number of piperidine rings is 1. The molecule has 1 saturated carbocycles. The summed E-state index contributed by atoms with van der Waals surface area (Å²) in [5, 5.41) is 26.9. The molecule has 258 valence electrons. The van der Waals surface area contributed by atoms with E-state index in [9.17, 15) is 19.8 Å². The van der Waals surface area contributed by atoms with Crippen molar-refractivity contribution in [2.24, 2.45) is 5.41 Å². The van der Waals surface area contributed by atoms with Gasteiger partial charge in [-0.05, 0) is 100.0 Å². The van der Waals surface area contributed by atoms with Crippen LogP contribution in [-0.2, 0) is 11.2 Å². The van der Waals surface area contributed by atoms with Crippen LogP contribution in [0.2, 0.25) is 0 Å². The van der Waals surface area contributed by atoms with Gasteiger partial charge in [0.2, 0.25) is 5.91 Å². The second-order valence-electron chi connectivity index (χ2n) is 15.4. The van der Waals surface area contributed by atoms with E-state index in [-0.39, 0.29) is 17.6 Å². The highest BCUT2D eigenvalue weighted by Crippen LogP contribution is 2.59. The molecular formula is C42H51N3O4. The number of para-hydroxylation sites is 1. The third-order valence-electron chi connectivity index (χ3n) is 12.5. The quantitative estimate of drug-likeness (QED) is 0.217. The monoisotopic (exact) mass is 661 g/mol. The lowest BCUT2D eigenvalue weighted by Crippen LogP contribution is -2.59. The normalized spacial score (nSPS) is 28.9. The Morgan fingerprint density at radius 1 is 0.939 bits per heavy atom. The molecule has 1 amide bonds. The van der Waals surface area contributed by atoms with E-state index in [1.165, 1.54) is 5.57 Å². The van der Waals surface area contributed by atoms with E-state index in [1.807, 2.05) is 54.6 Å². The molecule has 0 aromatic heterocycles. The molecule has 2 aliphatic heterocycles. The van der Waals surface area contributed by atoms with Crippen LogP contribution in [0, 0.1) is 5.41 Å². The minimum absolute atomic E-state index is 0.00768. The summed E-state index contributed by atoms with van der Waals surface area (Å²) in [5.41, 5.74) is 3.60. The van der Waals surface area contributed by atoms with Crippen LogP contribution in [-0.4, -0.2) is 70.4 Å². The number of carbonyl (C=O) groups is 2. The van der Waals surface area contributed by atoms with E-state index in [2.05, 4.69) is 59.3 Å². The zero-order valence-corrected chi connectivity index (χ0v) is 29.0. The van der Waals surface area contributed by atoms with E-state index in [1.54, 1.807) is 0 Å². The van der Waals surface area contributed by atoms with Crippen molar-refractivity contribution in [1.82, 2.24) is 10.2 Å². The van der Waals surface area contributed by atoms with Crippen molar-refractivity contribution in [3.63, 3.8) is 0 Å². The Labute approximate surface area is 291 Å². The first-order chi connectivity index (χ1) is 23.6. The van der Waals surface area contributed by atoms with Gasteiger partial charge in [-0.2, -0.15) is 0 Å². The number of carbonyl (C=O) groups excluding carboxylic acids is 2. The maximum Gasteiger partial charge on any atom is 0.247 e. The second-order valence-corrected chi connectivity index (χ2v) is 15.4. The molecule has 4 atom stereocenters. The molecular weight excluding hydrogens is 610 g/mol. The number of hydrogen-bond acceptors (Lipinski definition) is 6. The summed E-state index contributed by atoms with van der Waals surface area (Å²) in [6.07, 6.45) is 8.27. The number of anilines is 1. The summed E-state index contributed by atoms with van der Waals surface area (Å²) >= 11 is 0. The number of aliphatic hydroxyl groups is 2. The number of aliphatic hydroxyl groups excluding tert-OH is 1. The Kier molecular flexibility index (Phi) is 9.29. The van der Waals surface area contributed by atoms with Crippen LogP contribution in [0.15, 0.2) is 90.5 Å². The Balaban J connectivity index is 1.19. The lowest BCUT2D eigenvalue weighted by atomic mass is 9.64. The first-order valence-electron chi connectivity index (χ1n) is 18.2. The van der Waals surface area contributed by atoms with Gasteiger partial charge in [-0.15, -0.1) is 0 Å². The maximum absolute atomic E-state index is 14.2. The smallest absolute Gasteiger partial charge is 0.247 e. The third kappa shape index (κ3) is 6.26. The number of rotatable bonds is 5. The molecule has 8 rings (SSSR count). The van der Waals surface area contributed by atoms with Crippen LogP contribution in [0.1, 0.15) is 98.2 Å². The van der Waals surface area contributed by atoms with Crippen molar-refractivity contribution >= 4 is 17.4 Å². The number of β-amino-alcohol motifs (C(OH)–C–C–N with tert-alkyl or cyclic N) is 1. The second kappa shape index (κ2) is 13.5. The molecule has 49 heavy (non-hydrogen) atoms. The summed E-state index contributed by atoms with van der Waals surface area (Å²) in [6, 6.07) is 25.9. The Morgan fingerprint density at radius 3 is 2.39 bits per heavy atom. The van der Waals surface area contributed by atoms with E-state index in [0.717, 1.165) is 55.6 Å². The number of benzene rings is 3. The molecule has 2 bridgehead atoms. The van der Waals surface area contributed by atoms with Crippen molar-refractivity contribution in [1.29, 1.82) is 0 Å². The molecule has 3 aromatic carbocycles. The van der Waals surface area contributed by atoms with Crippen LogP contribution in [0.4, 0.5) is 5.69 Å². The van der Waals surface area contributed by atoms with Crippen molar-refractivity contribution in [2.75, 3.05) is 31.2 Å². The number of likely N-dealkylation sites (tertiary alicyclic amines) is 1. The minimum Gasteiger partial charge on any atom is -0.393 e. The van der Waals surface area contributed by atoms with Crippen molar-refractivity contribution < 1.29 is 19.8 Å². The van der Waals surface area contributed by atoms with Crippen LogP contribution >= 0.6 is 0 Å². The lowest BCUT2D eigenvalue weighted by Gasteiger charge is -2.49. The summed E-state index contributed by atoms with van der Waals surface area (Å²) in [4.78, 5) is 32.1. The number of fused-ring (bicyclic) bond motifs is 8. The van der Waals surface area contributed by atoms with Crippen LogP contribution in [0.3, 0.4) is 0 Å². The van der Waals surface area contributed by atoms with Gasteiger partial charge in [0.25, 0.3) is 0 Å². The van der Waals surface area contributed by atoms with Crippen molar-refractivity contribution in [3.05, 3.63) is 113 Å². The summed E-state index contributed by atoms with van der Waals surface area (Å²) in [6.45, 7) is 6.91. The van der Waals surface area contributed by atoms with Gasteiger partial charge in [0.1, 0.15) is 5.54 Å². The van der Waals surface area contributed by atoms with Crippen LogP contribution < -0.4 is 10.2 Å². The standard InChI is InChI=1S/C42H51N3O4/c1-30-10-9-20-40(2)37(35-18-16-31(26-34(46)17-15-30)27-36(35)38(47)32-11-5-3-6-12-32)19-21-42(40,49)28-44-24-22-41(23-25-44)39(48)43-29-45(41)33-13-7-4-8-14-33/h3-8,10-14,16,18,27,34,37,46,49H,9,15,17,19-26,28-29H2,1-2H3,(H,43,48). The fourth-order valence-electron chi connectivity index (χ4n) is 9.43. The van der Waals surface area contributed by atoms with Crippen molar-refractivity contribution in [2.45, 2.75) is 94.8 Å². The molecule has 0 radical (unpaired) electrons. The van der Waals surface area contributed by atoms with Gasteiger partial charge in [0, 0.05) is 41.9 Å². The molecule has 5 aliphatic rings. The molecule has 7 nitrogen and oxygen atoms in total. The predicted molar refractivity (Wildman–Crippen MR) is 194 cm³/mol. The summed E-state index contributed by atoms with van der Waals surface area (Å²) in [5.74, 6) is 0.0789. The van der Waals surface area contributed by atoms with Crippen LogP contribution in [0.5, 0.6) is 0 Å². The van der Waals surface area contributed by atoms with Gasteiger partial charge >= 0.3 is 0 Å². The van der Waals surface area contributed by atoms with Gasteiger partial charge in [-0.25, -0.2) is 0 Å². The third-order valence-corrected chi connectivity index (χ3v) is 12.5. The van der Waals surface area contributed by atoms with Crippen LogP contribution in [0.25, 0.3) is 0 Å². The molecule has 3 N–H and O–H groups in total. The number of hydrogen-bond donors (Lipinski definition) is 3. The molecule has 2 heterocycles. The zero-order valence-electron chi connectivity index (χ0n) is 29.0. The highest BCUT2D eigenvalue weighted by atomic mass is 16.3. The van der Waals surface area contributed by atoms with Gasteiger partial charge in [0.15, 0.2) is 5.78 Å². The van der Waals surface area contributed by atoms with Crippen molar-refractivity contribution in [3.8, 4) is 0 Å². The SMILES string of the molecule is CC1=CCCC2(C)C(CCC2(O)CN2CCC3(CC2)C(=O)NCN3c2ccccc2)c2ccc(cc2C(=O)c2ccccc2)CC(O)CC1. The number of amides is 1. The summed E-state index contributed by atoms with van der Waals surface area (Å²) < 4.78 is 0. The number of allylic oxidation sites excluding steroid dienone is 2. The van der Waals surface area contributed by atoms with E-state index in [0.29, 0.717) is 56.4 Å². The Hall–Kier alpha value is -3.78. The first-order valence-corrected chi connectivity index (χ1v) is 18.2. The highest BCUT2D eigenvalue weighted by molar-refractivity contribution is 6.10. The van der Waals surface area contributed by atoms with E-state index >= 15 is 0 Å². The topological polar surface area (TPSA) is 93.1 Å². The number of ketones is 1. The zero-order chi connectivity index (χ0) is 34.2. The Morgan fingerprint density at radius 2 is 1.65 bits per heavy atom. The van der Waals surface area contributed by atoms with Gasteiger partial charge in [-0.3, -0.25) is 9.59 Å². The molecule has 7 heteroatoms. The summed E-state index contributed by atoms with van der Waals surface area (Å²) in [7, 11) is 0. The lowest BCUT2D eigenvalue weighted by molar-refractivity contribution is -0.126. The van der Waals surface area contributed by atoms with Gasteiger partial charge in [-0.1, -0.05) is 79.2 Å². The average molecular weight is 662 g/mol. The molecule has 1 spiro atoms. The fourth-order valence-corrected chi connectivity index (χ4v) is 9.43. The molecule has 3 aliphatic carbocycles. The van der Waals surface area contributed by atoms with Gasteiger partial charge < -0.3 is 25.3 Å².